The smallest absolute Gasteiger partial charge is 0.409 e. The Morgan fingerprint density at radius 3 is 2.19 bits per heavy atom. The number of anilines is 2. The number of halogens is 1. The van der Waals surface area contributed by atoms with Gasteiger partial charge in [-0.2, -0.15) is 0 Å². The van der Waals surface area contributed by atoms with Crippen molar-refractivity contribution in [3.05, 3.63) is 184 Å². The molecule has 10 rings (SSSR count). The normalized spacial score (nSPS) is 25.7. The maximum Gasteiger partial charge on any atom is 0.409 e. The number of carbonyl (C=O) groups excluding carboxylic acids is 13. The van der Waals surface area contributed by atoms with E-state index in [0.29, 0.717) is 47.2 Å². The minimum Gasteiger partial charge on any atom is -0.508 e. The number of carbonyl (C=O) groups is 13. The summed E-state index contributed by atoms with van der Waals surface area (Å²) in [5.74, 6) is -12.0. The summed E-state index contributed by atoms with van der Waals surface area (Å²) in [6, 6.07) is 21.3. The van der Waals surface area contributed by atoms with Crippen LogP contribution in [0.5, 0.6) is 11.5 Å². The van der Waals surface area contributed by atoms with Gasteiger partial charge in [-0.1, -0.05) is 177 Å². The Kier molecular flexibility index (Phi) is 37.6. The molecule has 34 nitrogen and oxygen atoms in total. The number of ether oxygens (including phenoxy) is 5. The van der Waals surface area contributed by atoms with E-state index in [2.05, 4.69) is 47.9 Å². The van der Waals surface area contributed by atoms with Gasteiger partial charge in [0.2, 0.25) is 53.2 Å². The van der Waals surface area contributed by atoms with Crippen molar-refractivity contribution in [1.29, 1.82) is 0 Å². The van der Waals surface area contributed by atoms with Crippen molar-refractivity contribution in [2.45, 2.75) is 202 Å². The molecule has 3 fully saturated rings. The summed E-state index contributed by atoms with van der Waals surface area (Å²) < 4.78 is 29.7. The molecule has 4 aliphatic heterocycles. The van der Waals surface area contributed by atoms with Gasteiger partial charge in [-0.25, -0.2) is 14.4 Å². The lowest BCUT2D eigenvalue weighted by Crippen LogP contribution is -2.63. The van der Waals surface area contributed by atoms with E-state index in [0.717, 1.165) is 64.8 Å². The zero-order valence-corrected chi connectivity index (χ0v) is 78.3. The number of urea groups is 1. The molecule has 1 aliphatic carbocycles. The van der Waals surface area contributed by atoms with Crippen LogP contribution in [0.25, 0.3) is 5.57 Å². The number of likely N-dealkylation sites (N-methyl/N-ethyl adjacent to an activating group) is 1. The number of amides is 12. The first-order chi connectivity index (χ1) is 62.5. The highest BCUT2D eigenvalue weighted by Crippen LogP contribution is 2.50. The second-order valence-corrected chi connectivity index (χ2v) is 38.8. The molecule has 39 heteroatoms. The number of benzene rings is 5. The van der Waals surface area contributed by atoms with Gasteiger partial charge in [-0.05, 0) is 143 Å². The summed E-state index contributed by atoms with van der Waals surface area (Å²) in [5.41, 5.74) is 14.3. The largest absolute Gasteiger partial charge is 0.508 e. The van der Waals surface area contributed by atoms with Crippen molar-refractivity contribution < 1.29 is 101 Å². The summed E-state index contributed by atoms with van der Waals surface area (Å²) in [7, 11) is 9.70. The molecular formula is C92H116ClN13O21S4. The number of allylic oxidation sites excluding steroid dienone is 4. The van der Waals surface area contributed by atoms with Crippen molar-refractivity contribution >= 4 is 149 Å². The summed E-state index contributed by atoms with van der Waals surface area (Å²) in [6.07, 6.45) is -0.185. The molecule has 0 saturated carbocycles. The first-order valence-electron chi connectivity index (χ1n) is 43.1. The summed E-state index contributed by atoms with van der Waals surface area (Å²) in [5, 5.41) is 58.2. The number of para-hydroxylation sites is 1. The number of phenols is 1. The van der Waals surface area contributed by atoms with E-state index in [9.17, 15) is 58.5 Å². The number of aromatic hydroxyl groups is 1. The fourth-order valence-corrected chi connectivity index (χ4v) is 20.6. The Balaban J connectivity index is 0.870. The van der Waals surface area contributed by atoms with E-state index in [1.807, 2.05) is 43.3 Å². The van der Waals surface area contributed by atoms with Crippen LogP contribution in [0.1, 0.15) is 114 Å². The number of nitrogens with zero attached hydrogens (tertiary/aromatic N) is 2. The molecule has 0 spiro atoms. The van der Waals surface area contributed by atoms with Crippen LogP contribution in [0.4, 0.5) is 21.0 Å². The van der Waals surface area contributed by atoms with Crippen molar-refractivity contribution in [3.63, 3.8) is 0 Å². The second kappa shape index (κ2) is 48.1. The maximum atomic E-state index is 15.5. The van der Waals surface area contributed by atoms with Crippen molar-refractivity contribution in [2.24, 2.45) is 23.3 Å². The van der Waals surface area contributed by atoms with Crippen LogP contribution in [0.2, 0.25) is 5.02 Å². The molecule has 4 bridgehead atoms. The molecule has 4 heterocycles. The first-order valence-corrected chi connectivity index (χ1v) is 48.4. The maximum absolute atomic E-state index is 15.5. The number of phenolic OH excluding ortho intramolecular Hbond substituents is 1. The molecule has 0 unspecified atom stereocenters. The molecule has 0 radical (unpaired) electrons. The number of rotatable bonds is 29. The lowest BCUT2D eigenvalue weighted by Gasteiger charge is -2.42. The van der Waals surface area contributed by atoms with Crippen LogP contribution < -0.4 is 69.0 Å². The van der Waals surface area contributed by atoms with Crippen molar-refractivity contribution in [1.82, 2.24) is 47.4 Å². The number of primary amides is 1. The van der Waals surface area contributed by atoms with E-state index in [1.54, 1.807) is 111 Å². The number of Topliss-reactive ketones (excluding diaryl/α,β-unsaturated/α-hetero) is 1. The number of aliphatic hydroxyl groups is 2. The van der Waals surface area contributed by atoms with Crippen LogP contribution in [0, 0.1) is 11.8 Å². The van der Waals surface area contributed by atoms with Crippen LogP contribution in [-0.4, -0.2) is 245 Å². The Hall–Kier alpha value is -10.7. The van der Waals surface area contributed by atoms with Gasteiger partial charge in [0.05, 0.1) is 37.5 Å². The van der Waals surface area contributed by atoms with Gasteiger partial charge in [0.25, 0.3) is 0 Å². The third kappa shape index (κ3) is 28.4. The highest BCUT2D eigenvalue weighted by atomic mass is 35.5. The summed E-state index contributed by atoms with van der Waals surface area (Å²) in [4.78, 5) is 192. The zero-order chi connectivity index (χ0) is 95.0. The predicted octanol–water partition coefficient (Wildman–Crippen LogP) is 6.57. The number of fused-ring (bicyclic) bond motifs is 6. The molecule has 12 amide bonds. The quantitative estimate of drug-likeness (QED) is 0.0104. The van der Waals surface area contributed by atoms with Crippen LogP contribution >= 0.6 is 54.8 Å². The minimum atomic E-state index is -1.96. The number of nitrogens with one attached hydrogen (secondary N) is 9. The molecule has 5 aromatic carbocycles. The predicted molar refractivity (Wildman–Crippen MR) is 501 cm³/mol. The third-order valence-electron chi connectivity index (χ3n) is 23.6. The number of nitrogens with two attached hydrogens (primary N) is 2. The lowest BCUT2D eigenvalue weighted by atomic mass is 9.83. The van der Waals surface area contributed by atoms with Crippen LogP contribution in [0.3, 0.4) is 0 Å². The topological polar surface area (TPSA) is 499 Å². The number of methoxy groups -OCH3 is 2. The molecule has 0 aromatic heterocycles. The molecular weight excluding hydrogens is 1790 g/mol. The summed E-state index contributed by atoms with van der Waals surface area (Å²) in [6.45, 7) is 8.06. The molecule has 17 atom stereocenters. The first kappa shape index (κ1) is 102. The lowest BCUT2D eigenvalue weighted by molar-refractivity contribution is -0.162. The Labute approximate surface area is 781 Å². The van der Waals surface area contributed by atoms with Gasteiger partial charge in [-0.15, -0.1) is 0 Å². The van der Waals surface area contributed by atoms with Gasteiger partial charge in [-0.3, -0.25) is 53.3 Å². The van der Waals surface area contributed by atoms with E-state index >= 15 is 19.2 Å². The monoisotopic (exact) mass is 1900 g/mol. The Morgan fingerprint density at radius 1 is 0.809 bits per heavy atom. The van der Waals surface area contributed by atoms with Gasteiger partial charge in [0.1, 0.15) is 82.7 Å². The van der Waals surface area contributed by atoms with Crippen molar-refractivity contribution in [2.75, 3.05) is 68.1 Å². The number of aliphatic hydroxyl groups excluding tert-OH is 1. The Morgan fingerprint density at radius 2 is 1.50 bits per heavy atom. The van der Waals surface area contributed by atoms with E-state index < -0.39 is 198 Å². The summed E-state index contributed by atoms with van der Waals surface area (Å²) >= 11 is 6.91. The van der Waals surface area contributed by atoms with E-state index in [4.69, 9.17) is 46.8 Å². The fourth-order valence-electron chi connectivity index (χ4n) is 15.8. The molecule has 5 aliphatic rings. The second-order valence-electron chi connectivity index (χ2n) is 33.3. The molecule has 16 N–H and O–H groups in total. The Bertz CT molecular complexity index is 5030. The van der Waals surface area contributed by atoms with Gasteiger partial charge >= 0.3 is 18.1 Å². The van der Waals surface area contributed by atoms with Gasteiger partial charge < -0.3 is 103 Å². The highest BCUT2D eigenvalue weighted by molar-refractivity contribution is 8.77. The third-order valence-corrected chi connectivity index (χ3v) is 28.8. The van der Waals surface area contributed by atoms with E-state index in [1.165, 1.54) is 59.2 Å². The molecule has 3 saturated heterocycles. The fraction of sp³-hybridized carbons (Fsp3) is 0.467. The average molecular weight is 1900 g/mol. The standard InChI is InChI=1S/C92H116ClN13O21S4/c1-51-21-20-29-74(124-9)92(122)47-73(125-90(121)104-92)52(2)80-91(5,127-80)75(46-77(111)106(7)70-42-57(39-51)43-72(123-8)78(70)93)126-88(119)53(3)105(6)76(110)36-38-128-129-49-68(81(95)112)100-86(117)69-50-131-130-48-67(99-84(115)65(41-55-22-12-10-13-23-55)102-89(120)96-61-25-14-11-15-26-61)71(109)45-60(40-56-30-34-62(108)35-31-56)82(113)98-66(44-59-33-32-58-24-16-17-27-63(58)59)85(116)97-64(28-18-19-37-94)83(114)103-79(54(4)107)87(118)101-69/h10-17,20-27,29-31,33-35,42-43,52-54,60,64-69,73-75,79-80,107-108,122H,18-19,28,32,36-41,44-50,94H2,1-9H3,(H2,95,112)(H,97,116)(H,98,113)(H,99,115)(H,100,117)(H,101,118)(H,103,114)(H,104,121)(H2,96,102,120)/b29-20+,51-21+/t52-,53+,54-,60-,64+,65-,66-,67+,68+,69+,73+,74-,75+,79+,80+,91+,92+/m1/s1. The van der Waals surface area contributed by atoms with E-state index in [-0.39, 0.29) is 91.0 Å². The number of ketones is 1. The number of hydrogen-bond donors (Lipinski definition) is 14. The zero-order valence-electron chi connectivity index (χ0n) is 74.3. The number of epoxide rings is 1. The number of unbranched alkanes of at least 4 members (excludes halogenated alkanes) is 1. The van der Waals surface area contributed by atoms with Gasteiger partial charge in [0, 0.05) is 93.8 Å². The highest BCUT2D eigenvalue weighted by Gasteiger charge is 2.65. The van der Waals surface area contributed by atoms with Crippen LogP contribution in [0.15, 0.2) is 151 Å². The number of alkyl carbamates (subject to hydrolysis) is 1. The average Bonchev–Trinajstić information content (AvgIpc) is 1.57. The SMILES string of the molecule is COc1cc2cc(c1Cl)N(C)C(=O)C[C@H](OC(=O)[C@H](C)N(C)C(=O)CCSSC[C@H](NC(=O)[C@@H]1CSSC[C@H](NC(=O)[C@@H](Cc3ccccc3)NC(=O)Nc3ccccc3)C(=O)C[C@@H](Cc3ccc(O)cc3)C(=O)N[C@H](CC3=CCc4ccccc43)C(=O)N[C@@H](CCCCN)C(=O)N[C@@H]([C@@H](C)O)C(=O)N1)C(N)=O)[C@]1(C)O[C@H]1[C@H](C)[C@@H]1C[C@@](O)(NC(=O)O1)[C@H](OC)/C=C/C=C(\C)C2. The number of esters is 1. The van der Waals surface area contributed by atoms with Crippen molar-refractivity contribution in [3.8, 4) is 11.5 Å². The molecule has 706 valence electrons. The molecule has 131 heavy (non-hydrogen) atoms. The number of hydrogen-bond acceptors (Lipinski definition) is 26. The van der Waals surface area contributed by atoms with Gasteiger partial charge in [0.15, 0.2) is 11.5 Å². The minimum absolute atomic E-state index is 0.0562. The molecule has 5 aromatic rings. The van der Waals surface area contributed by atoms with Crippen LogP contribution in [-0.2, 0) is 97.4 Å².